The molecule has 27 heavy (non-hydrogen) atoms. The van der Waals surface area contributed by atoms with Gasteiger partial charge >= 0.3 is 0 Å². The van der Waals surface area contributed by atoms with E-state index >= 15 is 0 Å². The van der Waals surface area contributed by atoms with Crippen LogP contribution in [0.4, 0.5) is 5.69 Å². The van der Waals surface area contributed by atoms with E-state index in [0.29, 0.717) is 6.54 Å². The second-order valence-corrected chi connectivity index (χ2v) is 6.87. The molecule has 0 aliphatic carbocycles. The van der Waals surface area contributed by atoms with Crippen LogP contribution in [-0.2, 0) is 17.9 Å². The molecule has 1 atom stereocenters. The maximum atomic E-state index is 12.6. The zero-order valence-corrected chi connectivity index (χ0v) is 17.0. The van der Waals surface area contributed by atoms with Crippen LogP contribution in [0.15, 0.2) is 48.5 Å². The molecule has 0 bridgehead atoms. The van der Waals surface area contributed by atoms with Crippen molar-refractivity contribution in [3.8, 4) is 5.75 Å². The van der Waals surface area contributed by atoms with Crippen molar-refractivity contribution in [3.05, 3.63) is 59.7 Å². The Kier molecular flexibility index (Phi) is 7.67. The van der Waals surface area contributed by atoms with Crippen LogP contribution in [0, 0.1) is 0 Å². The summed E-state index contributed by atoms with van der Waals surface area (Å²) in [5.41, 5.74) is 3.43. The SMILES string of the molecule is CCN(Cc1ccc(N(C)C)cc1)[C@@H](C)C(=O)NCc1ccc(OC)cc1. The van der Waals surface area contributed by atoms with Gasteiger partial charge in [0.05, 0.1) is 13.2 Å². The Bertz CT molecular complexity index is 711. The summed E-state index contributed by atoms with van der Waals surface area (Å²) < 4.78 is 5.16. The summed E-state index contributed by atoms with van der Waals surface area (Å²) in [5, 5.41) is 3.03. The van der Waals surface area contributed by atoms with Crippen molar-refractivity contribution in [2.24, 2.45) is 0 Å². The number of methoxy groups -OCH3 is 1. The van der Waals surface area contributed by atoms with Gasteiger partial charge in [-0.1, -0.05) is 31.2 Å². The minimum absolute atomic E-state index is 0.0394. The molecule has 0 radical (unpaired) electrons. The van der Waals surface area contributed by atoms with Crippen LogP contribution in [0.2, 0.25) is 0 Å². The Morgan fingerprint density at radius 2 is 1.63 bits per heavy atom. The van der Waals surface area contributed by atoms with Crippen LogP contribution in [0.3, 0.4) is 0 Å². The molecular weight excluding hydrogens is 338 g/mol. The van der Waals surface area contributed by atoms with Crippen LogP contribution >= 0.6 is 0 Å². The molecule has 0 saturated heterocycles. The Morgan fingerprint density at radius 3 is 2.15 bits per heavy atom. The minimum atomic E-state index is -0.193. The van der Waals surface area contributed by atoms with E-state index in [-0.39, 0.29) is 11.9 Å². The molecule has 2 rings (SSSR count). The fourth-order valence-electron chi connectivity index (χ4n) is 2.90. The number of ether oxygens (including phenoxy) is 1. The first-order valence-electron chi connectivity index (χ1n) is 9.35. The van der Waals surface area contributed by atoms with E-state index in [1.54, 1.807) is 7.11 Å². The molecule has 1 N–H and O–H groups in total. The van der Waals surface area contributed by atoms with Crippen molar-refractivity contribution in [2.75, 3.05) is 32.6 Å². The highest BCUT2D eigenvalue weighted by Crippen LogP contribution is 2.15. The van der Waals surface area contributed by atoms with Crippen LogP contribution in [0.1, 0.15) is 25.0 Å². The average Bonchev–Trinajstić information content (AvgIpc) is 2.70. The fourth-order valence-corrected chi connectivity index (χ4v) is 2.90. The first kappa shape index (κ1) is 20.8. The highest BCUT2D eigenvalue weighted by atomic mass is 16.5. The molecule has 0 heterocycles. The lowest BCUT2D eigenvalue weighted by atomic mass is 10.1. The van der Waals surface area contributed by atoms with Gasteiger partial charge in [0.15, 0.2) is 0 Å². The van der Waals surface area contributed by atoms with Gasteiger partial charge in [-0.05, 0) is 48.9 Å². The third-order valence-corrected chi connectivity index (χ3v) is 4.80. The minimum Gasteiger partial charge on any atom is -0.497 e. The second kappa shape index (κ2) is 9.97. The van der Waals surface area contributed by atoms with Gasteiger partial charge in [0.2, 0.25) is 5.91 Å². The number of likely N-dealkylation sites (N-methyl/N-ethyl adjacent to an activating group) is 1. The van der Waals surface area contributed by atoms with Gasteiger partial charge in [0.25, 0.3) is 0 Å². The average molecular weight is 370 g/mol. The van der Waals surface area contributed by atoms with E-state index in [9.17, 15) is 4.79 Å². The van der Waals surface area contributed by atoms with Crippen LogP contribution in [0.25, 0.3) is 0 Å². The van der Waals surface area contributed by atoms with Gasteiger partial charge in [-0.3, -0.25) is 9.69 Å². The molecule has 2 aromatic carbocycles. The molecule has 0 fully saturated rings. The second-order valence-electron chi connectivity index (χ2n) is 6.87. The number of carbonyl (C=O) groups excluding carboxylic acids is 1. The molecule has 5 nitrogen and oxygen atoms in total. The summed E-state index contributed by atoms with van der Waals surface area (Å²) in [6.45, 7) is 6.12. The van der Waals surface area contributed by atoms with Gasteiger partial charge in [-0.15, -0.1) is 0 Å². The predicted molar refractivity (Wildman–Crippen MR) is 111 cm³/mol. The van der Waals surface area contributed by atoms with Crippen molar-refractivity contribution >= 4 is 11.6 Å². The first-order chi connectivity index (χ1) is 12.9. The van der Waals surface area contributed by atoms with E-state index in [2.05, 4.69) is 46.3 Å². The number of rotatable bonds is 9. The molecule has 0 aromatic heterocycles. The highest BCUT2D eigenvalue weighted by molar-refractivity contribution is 5.81. The van der Waals surface area contributed by atoms with Crippen LogP contribution in [0.5, 0.6) is 5.75 Å². The maximum Gasteiger partial charge on any atom is 0.237 e. The lowest BCUT2D eigenvalue weighted by Gasteiger charge is -2.27. The van der Waals surface area contributed by atoms with Crippen molar-refractivity contribution < 1.29 is 9.53 Å². The monoisotopic (exact) mass is 369 g/mol. The molecule has 146 valence electrons. The van der Waals surface area contributed by atoms with Crippen molar-refractivity contribution in [1.82, 2.24) is 10.2 Å². The van der Waals surface area contributed by atoms with E-state index in [4.69, 9.17) is 4.74 Å². The molecule has 5 heteroatoms. The topological polar surface area (TPSA) is 44.8 Å². The van der Waals surface area contributed by atoms with Gasteiger partial charge in [-0.25, -0.2) is 0 Å². The number of anilines is 1. The van der Waals surface area contributed by atoms with Gasteiger partial charge < -0.3 is 15.0 Å². The number of benzene rings is 2. The number of hydrogen-bond donors (Lipinski definition) is 1. The van der Waals surface area contributed by atoms with E-state index in [1.165, 1.54) is 11.3 Å². The molecule has 2 aromatic rings. The summed E-state index contributed by atoms with van der Waals surface area (Å²) in [4.78, 5) is 16.8. The smallest absolute Gasteiger partial charge is 0.237 e. The molecule has 0 unspecified atom stereocenters. The number of nitrogens with zero attached hydrogens (tertiary/aromatic N) is 2. The number of amides is 1. The molecular formula is C22H31N3O2. The summed E-state index contributed by atoms with van der Waals surface area (Å²) >= 11 is 0. The number of carbonyl (C=O) groups is 1. The third kappa shape index (κ3) is 6.00. The van der Waals surface area contributed by atoms with Gasteiger partial charge in [0.1, 0.15) is 5.75 Å². The summed E-state index contributed by atoms with van der Waals surface area (Å²) in [7, 11) is 5.71. The Morgan fingerprint density at radius 1 is 1.04 bits per heavy atom. The lowest BCUT2D eigenvalue weighted by molar-refractivity contribution is -0.126. The quantitative estimate of drug-likeness (QED) is 0.737. The van der Waals surface area contributed by atoms with E-state index in [0.717, 1.165) is 24.4 Å². The molecule has 0 saturated carbocycles. The normalized spacial score (nSPS) is 11.9. The van der Waals surface area contributed by atoms with Crippen LogP contribution < -0.4 is 15.0 Å². The molecule has 1 amide bonds. The van der Waals surface area contributed by atoms with Gasteiger partial charge in [-0.2, -0.15) is 0 Å². The third-order valence-electron chi connectivity index (χ3n) is 4.80. The van der Waals surface area contributed by atoms with Crippen molar-refractivity contribution in [2.45, 2.75) is 33.0 Å². The number of hydrogen-bond acceptors (Lipinski definition) is 4. The summed E-state index contributed by atoms with van der Waals surface area (Å²) in [6, 6.07) is 16.0. The maximum absolute atomic E-state index is 12.6. The van der Waals surface area contributed by atoms with Gasteiger partial charge in [0, 0.05) is 32.9 Å². The first-order valence-corrected chi connectivity index (χ1v) is 9.35. The highest BCUT2D eigenvalue weighted by Gasteiger charge is 2.20. The van der Waals surface area contributed by atoms with Crippen LogP contribution in [-0.4, -0.2) is 44.6 Å². The zero-order chi connectivity index (χ0) is 19.8. The zero-order valence-electron chi connectivity index (χ0n) is 17.0. The standard InChI is InChI=1S/C22H31N3O2/c1-6-25(16-19-7-11-20(12-8-19)24(3)4)17(2)22(26)23-15-18-9-13-21(27-5)14-10-18/h7-14,17H,6,15-16H2,1-5H3,(H,23,26)/t17-/m0/s1. The van der Waals surface area contributed by atoms with E-state index < -0.39 is 0 Å². The van der Waals surface area contributed by atoms with Crippen molar-refractivity contribution in [3.63, 3.8) is 0 Å². The Hall–Kier alpha value is -2.53. The largest absolute Gasteiger partial charge is 0.497 e. The summed E-state index contributed by atoms with van der Waals surface area (Å²) in [5.74, 6) is 0.855. The molecule has 0 aliphatic heterocycles. The molecule has 0 aliphatic rings. The van der Waals surface area contributed by atoms with E-state index in [1.807, 2.05) is 45.3 Å². The van der Waals surface area contributed by atoms with Crippen molar-refractivity contribution in [1.29, 1.82) is 0 Å². The predicted octanol–water partition coefficient (Wildman–Crippen LogP) is 3.29. The molecule has 0 spiro atoms. The summed E-state index contributed by atoms with van der Waals surface area (Å²) in [6.07, 6.45) is 0. The Labute approximate surface area is 162 Å². The number of nitrogens with one attached hydrogen (secondary N) is 1. The fraction of sp³-hybridized carbons (Fsp3) is 0.409. The Balaban J connectivity index is 1.91. The lowest BCUT2D eigenvalue weighted by Crippen LogP contribution is -2.44.